The standard InChI is InChI=1S/C11H11NO4S/c1-7-5-8-3-4-9(11(13)16-2)6-10(8)12-17(7,14)15/h3-6,12H,1-2H3. The molecule has 0 aliphatic carbocycles. The number of hydrogen-bond donors (Lipinski definition) is 1. The average Bonchev–Trinajstić information content (AvgIpc) is 2.28. The largest absolute Gasteiger partial charge is 0.465 e. The van der Waals surface area contributed by atoms with E-state index in [1.54, 1.807) is 18.2 Å². The summed E-state index contributed by atoms with van der Waals surface area (Å²) in [4.78, 5) is 11.6. The van der Waals surface area contributed by atoms with Crippen LogP contribution < -0.4 is 4.72 Å². The molecule has 0 saturated heterocycles. The zero-order chi connectivity index (χ0) is 12.6. The highest BCUT2D eigenvalue weighted by atomic mass is 32.2. The molecule has 0 fully saturated rings. The number of sulfonamides is 1. The molecule has 0 aromatic heterocycles. The van der Waals surface area contributed by atoms with Gasteiger partial charge in [0.2, 0.25) is 0 Å². The number of fused-ring (bicyclic) bond motifs is 1. The van der Waals surface area contributed by atoms with Crippen molar-refractivity contribution in [3.63, 3.8) is 0 Å². The normalized spacial score (nSPS) is 16.5. The molecule has 90 valence electrons. The second-order valence-electron chi connectivity index (χ2n) is 3.65. The highest BCUT2D eigenvalue weighted by Crippen LogP contribution is 2.28. The first-order valence-electron chi connectivity index (χ1n) is 4.87. The average molecular weight is 253 g/mol. The summed E-state index contributed by atoms with van der Waals surface area (Å²) >= 11 is 0. The molecule has 1 aliphatic heterocycles. The van der Waals surface area contributed by atoms with Crippen LogP contribution >= 0.6 is 0 Å². The van der Waals surface area contributed by atoms with E-state index in [2.05, 4.69) is 9.46 Å². The molecular formula is C11H11NO4S. The smallest absolute Gasteiger partial charge is 0.337 e. The van der Waals surface area contributed by atoms with Gasteiger partial charge in [-0.3, -0.25) is 4.72 Å². The molecule has 0 unspecified atom stereocenters. The fraction of sp³-hybridized carbons (Fsp3) is 0.182. The summed E-state index contributed by atoms with van der Waals surface area (Å²) in [7, 11) is -2.19. The maximum Gasteiger partial charge on any atom is 0.337 e. The first kappa shape index (κ1) is 11.7. The Morgan fingerprint density at radius 2 is 2.06 bits per heavy atom. The van der Waals surface area contributed by atoms with Gasteiger partial charge in [-0.1, -0.05) is 6.07 Å². The van der Waals surface area contributed by atoms with E-state index in [1.165, 1.54) is 20.1 Å². The maximum absolute atomic E-state index is 11.6. The van der Waals surface area contributed by atoms with Crippen molar-refractivity contribution in [3.05, 3.63) is 34.2 Å². The molecule has 0 spiro atoms. The van der Waals surface area contributed by atoms with Gasteiger partial charge in [0.05, 0.1) is 23.3 Å². The van der Waals surface area contributed by atoms with Crippen LogP contribution in [-0.4, -0.2) is 21.5 Å². The molecule has 17 heavy (non-hydrogen) atoms. The predicted molar refractivity (Wildman–Crippen MR) is 64.0 cm³/mol. The fourth-order valence-corrected chi connectivity index (χ4v) is 2.45. The molecule has 1 aliphatic rings. The molecule has 0 radical (unpaired) electrons. The van der Waals surface area contributed by atoms with Crippen LogP contribution in [0.1, 0.15) is 22.8 Å². The Kier molecular flexibility index (Phi) is 2.66. The molecule has 0 saturated carbocycles. The van der Waals surface area contributed by atoms with Crippen molar-refractivity contribution in [1.82, 2.24) is 0 Å². The highest BCUT2D eigenvalue weighted by Gasteiger charge is 2.21. The fourth-order valence-electron chi connectivity index (χ4n) is 1.54. The molecule has 2 rings (SSSR count). The van der Waals surface area contributed by atoms with Crippen LogP contribution in [0.15, 0.2) is 23.1 Å². The minimum absolute atomic E-state index is 0.246. The summed E-state index contributed by atoms with van der Waals surface area (Å²) in [5, 5.41) is 0. The Morgan fingerprint density at radius 3 is 2.71 bits per heavy atom. The van der Waals surface area contributed by atoms with E-state index in [4.69, 9.17) is 0 Å². The van der Waals surface area contributed by atoms with E-state index >= 15 is 0 Å². The van der Waals surface area contributed by atoms with Crippen LogP contribution in [-0.2, 0) is 14.8 Å². The lowest BCUT2D eigenvalue weighted by Gasteiger charge is -2.17. The van der Waals surface area contributed by atoms with E-state index in [1.807, 2.05) is 0 Å². The summed E-state index contributed by atoms with van der Waals surface area (Å²) < 4.78 is 30.2. The Labute approximate surface area is 99.1 Å². The third-order valence-electron chi connectivity index (χ3n) is 2.50. The van der Waals surface area contributed by atoms with Crippen LogP contribution in [0.5, 0.6) is 0 Å². The summed E-state index contributed by atoms with van der Waals surface area (Å²) in [5.41, 5.74) is 1.42. The predicted octanol–water partition coefficient (Wildman–Crippen LogP) is 1.59. The molecule has 6 heteroatoms. The number of anilines is 1. The lowest BCUT2D eigenvalue weighted by atomic mass is 10.1. The van der Waals surface area contributed by atoms with Gasteiger partial charge in [-0.15, -0.1) is 0 Å². The number of methoxy groups -OCH3 is 1. The number of rotatable bonds is 1. The molecule has 0 bridgehead atoms. The van der Waals surface area contributed by atoms with Crippen LogP contribution in [0, 0.1) is 0 Å². The van der Waals surface area contributed by atoms with E-state index in [-0.39, 0.29) is 4.91 Å². The first-order chi connectivity index (χ1) is 7.94. The Hall–Kier alpha value is -1.82. The van der Waals surface area contributed by atoms with Crippen molar-refractivity contribution >= 4 is 27.8 Å². The minimum Gasteiger partial charge on any atom is -0.465 e. The Morgan fingerprint density at radius 1 is 1.35 bits per heavy atom. The summed E-state index contributed by atoms with van der Waals surface area (Å²) in [6.07, 6.45) is 1.56. The minimum atomic E-state index is -3.47. The van der Waals surface area contributed by atoms with Gasteiger partial charge < -0.3 is 4.74 Å². The van der Waals surface area contributed by atoms with Gasteiger partial charge in [0.25, 0.3) is 10.0 Å². The molecule has 5 nitrogen and oxygen atoms in total. The van der Waals surface area contributed by atoms with Crippen molar-refractivity contribution in [2.24, 2.45) is 0 Å². The number of nitrogens with one attached hydrogen (secondary N) is 1. The number of hydrogen-bond acceptors (Lipinski definition) is 4. The van der Waals surface area contributed by atoms with Crippen LogP contribution in [0.4, 0.5) is 5.69 Å². The number of carbonyl (C=O) groups excluding carboxylic acids is 1. The third kappa shape index (κ3) is 2.03. The summed E-state index contributed by atoms with van der Waals surface area (Å²) in [5.74, 6) is -0.502. The third-order valence-corrected chi connectivity index (χ3v) is 3.96. The maximum atomic E-state index is 11.6. The van der Waals surface area contributed by atoms with E-state index in [0.29, 0.717) is 11.3 Å². The number of benzene rings is 1. The van der Waals surface area contributed by atoms with E-state index in [0.717, 1.165) is 5.56 Å². The highest BCUT2D eigenvalue weighted by molar-refractivity contribution is 7.96. The lowest BCUT2D eigenvalue weighted by Crippen LogP contribution is -2.18. The van der Waals surface area contributed by atoms with Crippen LogP contribution in [0.3, 0.4) is 0 Å². The van der Waals surface area contributed by atoms with Gasteiger partial charge in [-0.05, 0) is 30.7 Å². The summed E-state index contributed by atoms with van der Waals surface area (Å²) in [6, 6.07) is 4.72. The zero-order valence-corrected chi connectivity index (χ0v) is 10.2. The molecule has 1 N–H and O–H groups in total. The van der Waals surface area contributed by atoms with Crippen molar-refractivity contribution in [2.75, 3.05) is 11.8 Å². The number of ether oxygens (including phenoxy) is 1. The number of carbonyl (C=O) groups is 1. The second-order valence-corrected chi connectivity index (χ2v) is 5.51. The first-order valence-corrected chi connectivity index (χ1v) is 6.36. The Balaban J connectivity index is 2.53. The molecule has 0 atom stereocenters. The summed E-state index contributed by atoms with van der Waals surface area (Å²) in [6.45, 7) is 1.51. The van der Waals surface area contributed by atoms with Gasteiger partial charge in [-0.2, -0.15) is 0 Å². The number of allylic oxidation sites excluding steroid dienone is 1. The van der Waals surface area contributed by atoms with E-state index in [9.17, 15) is 13.2 Å². The second kappa shape index (κ2) is 3.89. The van der Waals surface area contributed by atoms with Crippen molar-refractivity contribution in [3.8, 4) is 0 Å². The van der Waals surface area contributed by atoms with Gasteiger partial charge in [-0.25, -0.2) is 13.2 Å². The van der Waals surface area contributed by atoms with Crippen LogP contribution in [0.25, 0.3) is 6.08 Å². The van der Waals surface area contributed by atoms with Gasteiger partial charge in [0, 0.05) is 0 Å². The molecule has 1 heterocycles. The van der Waals surface area contributed by atoms with Crippen molar-refractivity contribution < 1.29 is 17.9 Å². The molecule has 1 aromatic carbocycles. The Bertz CT molecular complexity index is 616. The number of esters is 1. The molecular weight excluding hydrogens is 242 g/mol. The topological polar surface area (TPSA) is 72.5 Å². The monoisotopic (exact) mass is 253 g/mol. The van der Waals surface area contributed by atoms with Crippen LogP contribution in [0.2, 0.25) is 0 Å². The van der Waals surface area contributed by atoms with Gasteiger partial charge in [0.1, 0.15) is 0 Å². The quantitative estimate of drug-likeness (QED) is 0.771. The van der Waals surface area contributed by atoms with E-state index < -0.39 is 16.0 Å². The van der Waals surface area contributed by atoms with Crippen molar-refractivity contribution in [1.29, 1.82) is 0 Å². The SMILES string of the molecule is COC(=O)c1ccc2c(c1)NS(=O)(=O)C(C)=C2. The molecule has 0 amide bonds. The lowest BCUT2D eigenvalue weighted by molar-refractivity contribution is 0.0601. The zero-order valence-electron chi connectivity index (χ0n) is 9.35. The van der Waals surface area contributed by atoms with Crippen molar-refractivity contribution in [2.45, 2.75) is 6.92 Å². The van der Waals surface area contributed by atoms with Gasteiger partial charge in [0.15, 0.2) is 0 Å². The van der Waals surface area contributed by atoms with Gasteiger partial charge >= 0.3 is 5.97 Å². The molecule has 1 aromatic rings.